The molecule has 2 rings (SSSR count). The number of nitrogens with one attached hydrogen (secondary N) is 1. The third-order valence-corrected chi connectivity index (χ3v) is 3.88. The highest BCUT2D eigenvalue weighted by Gasteiger charge is 2.15. The summed E-state index contributed by atoms with van der Waals surface area (Å²) in [5.41, 5.74) is 2.34. The van der Waals surface area contributed by atoms with E-state index in [2.05, 4.69) is 31.2 Å². The Morgan fingerprint density at radius 2 is 2.00 bits per heavy atom. The Hall–Kier alpha value is -2.02. The molecule has 0 amide bonds. The fourth-order valence-corrected chi connectivity index (χ4v) is 2.19. The summed E-state index contributed by atoms with van der Waals surface area (Å²) in [5, 5.41) is 13.9. The minimum absolute atomic E-state index is 0.0285. The van der Waals surface area contributed by atoms with Crippen LogP contribution in [0.25, 0.3) is 11.4 Å². The van der Waals surface area contributed by atoms with Crippen molar-refractivity contribution in [3.05, 3.63) is 44.0 Å². The first-order chi connectivity index (χ1) is 9.43. The van der Waals surface area contributed by atoms with Crippen molar-refractivity contribution in [2.75, 3.05) is 12.4 Å². The van der Waals surface area contributed by atoms with Crippen LogP contribution in [0.5, 0.6) is 0 Å². The Bertz CT molecular complexity index is 688. The van der Waals surface area contributed by atoms with Crippen LogP contribution in [0.1, 0.15) is 11.3 Å². The maximum absolute atomic E-state index is 10.9. The fraction of sp³-hybridized carbons (Fsp3) is 0.231. The average molecular weight is 337 g/mol. The molecule has 7 heteroatoms. The van der Waals surface area contributed by atoms with Crippen LogP contribution in [0, 0.1) is 24.0 Å². The van der Waals surface area contributed by atoms with Gasteiger partial charge in [0.15, 0.2) is 5.82 Å². The molecule has 0 fully saturated rings. The van der Waals surface area contributed by atoms with Crippen molar-refractivity contribution in [1.82, 2.24) is 9.97 Å². The largest absolute Gasteiger partial charge is 0.372 e. The maximum Gasteiger partial charge on any atom is 0.270 e. The smallest absolute Gasteiger partial charge is 0.270 e. The molecule has 1 N–H and O–H groups in total. The zero-order valence-corrected chi connectivity index (χ0v) is 12.9. The first-order valence-corrected chi connectivity index (χ1v) is 6.70. The second-order valence-corrected chi connectivity index (χ2v) is 5.09. The van der Waals surface area contributed by atoms with E-state index in [-0.39, 0.29) is 5.69 Å². The topological polar surface area (TPSA) is 81.0 Å². The summed E-state index contributed by atoms with van der Waals surface area (Å²) in [7, 11) is 1.76. The van der Waals surface area contributed by atoms with Crippen LogP contribution in [-0.4, -0.2) is 21.9 Å². The highest BCUT2D eigenvalue weighted by molar-refractivity contribution is 9.10. The van der Waals surface area contributed by atoms with E-state index in [0.717, 1.165) is 15.7 Å². The monoisotopic (exact) mass is 336 g/mol. The molecular weight excluding hydrogens is 324 g/mol. The molecule has 1 heterocycles. The van der Waals surface area contributed by atoms with Gasteiger partial charge in [0.25, 0.3) is 5.69 Å². The van der Waals surface area contributed by atoms with Crippen LogP contribution >= 0.6 is 15.9 Å². The van der Waals surface area contributed by atoms with Gasteiger partial charge in [-0.15, -0.1) is 0 Å². The van der Waals surface area contributed by atoms with Crippen LogP contribution in [0.4, 0.5) is 11.5 Å². The number of hydrogen-bond acceptors (Lipinski definition) is 5. The summed E-state index contributed by atoms with van der Waals surface area (Å²) in [5.74, 6) is 1.12. The predicted molar refractivity (Wildman–Crippen MR) is 80.8 cm³/mol. The third kappa shape index (κ3) is 2.62. The van der Waals surface area contributed by atoms with E-state index < -0.39 is 4.92 Å². The minimum atomic E-state index is -0.423. The molecule has 0 saturated carbocycles. The second-order valence-electron chi connectivity index (χ2n) is 4.30. The summed E-state index contributed by atoms with van der Waals surface area (Å²) >= 11 is 3.41. The standard InChI is InChI=1S/C13H13BrN4O2/c1-7-4-5-9(18(19)20)6-10(7)12-16-8(2)11(14)13(15-3)17-12/h4-6H,1-3H3,(H,15,16,17). The molecule has 0 aliphatic heterocycles. The Kier molecular flexibility index (Phi) is 3.99. The Balaban J connectivity index is 2.64. The highest BCUT2D eigenvalue weighted by atomic mass is 79.9. The van der Waals surface area contributed by atoms with Crippen molar-refractivity contribution in [2.45, 2.75) is 13.8 Å². The molecule has 0 radical (unpaired) electrons. The lowest BCUT2D eigenvalue weighted by atomic mass is 10.1. The molecule has 0 aliphatic carbocycles. The molecule has 1 aromatic heterocycles. The highest BCUT2D eigenvalue weighted by Crippen LogP contribution is 2.29. The lowest BCUT2D eigenvalue weighted by molar-refractivity contribution is -0.384. The lowest BCUT2D eigenvalue weighted by Gasteiger charge is -2.10. The number of aryl methyl sites for hydroxylation is 2. The predicted octanol–water partition coefficient (Wildman–Crippen LogP) is 3.47. The first-order valence-electron chi connectivity index (χ1n) is 5.91. The van der Waals surface area contributed by atoms with Gasteiger partial charge < -0.3 is 5.32 Å². The van der Waals surface area contributed by atoms with Crippen LogP contribution in [0.3, 0.4) is 0 Å². The van der Waals surface area contributed by atoms with Crippen molar-refractivity contribution in [3.63, 3.8) is 0 Å². The Morgan fingerprint density at radius 3 is 2.60 bits per heavy atom. The van der Waals surface area contributed by atoms with Crippen LogP contribution in [0.2, 0.25) is 0 Å². The van der Waals surface area contributed by atoms with Gasteiger partial charge in [-0.3, -0.25) is 10.1 Å². The molecule has 6 nitrogen and oxygen atoms in total. The summed E-state index contributed by atoms with van der Waals surface area (Å²) in [4.78, 5) is 19.2. The third-order valence-electron chi connectivity index (χ3n) is 2.93. The molecule has 0 atom stereocenters. The number of halogens is 1. The lowest BCUT2D eigenvalue weighted by Crippen LogP contribution is -2.02. The zero-order valence-electron chi connectivity index (χ0n) is 11.3. The normalized spacial score (nSPS) is 10.4. The van der Waals surface area contributed by atoms with Crippen molar-refractivity contribution in [2.24, 2.45) is 0 Å². The van der Waals surface area contributed by atoms with E-state index in [4.69, 9.17) is 0 Å². The van der Waals surface area contributed by atoms with Crippen molar-refractivity contribution >= 4 is 27.4 Å². The first kappa shape index (κ1) is 14.4. The number of nitro groups is 1. The summed E-state index contributed by atoms with van der Waals surface area (Å²) < 4.78 is 0.784. The molecule has 2 aromatic rings. The fourth-order valence-electron chi connectivity index (χ4n) is 1.81. The molecule has 0 unspecified atom stereocenters. The number of aromatic nitrogens is 2. The number of anilines is 1. The summed E-state index contributed by atoms with van der Waals surface area (Å²) in [6.07, 6.45) is 0. The van der Waals surface area contributed by atoms with Crippen LogP contribution in [0.15, 0.2) is 22.7 Å². The van der Waals surface area contributed by atoms with E-state index in [1.807, 2.05) is 13.8 Å². The summed E-state index contributed by atoms with van der Waals surface area (Å²) in [6.45, 7) is 3.72. The Morgan fingerprint density at radius 1 is 1.30 bits per heavy atom. The van der Waals surface area contributed by atoms with Gasteiger partial charge in [0.05, 0.1) is 15.1 Å². The van der Waals surface area contributed by atoms with Gasteiger partial charge in [0.2, 0.25) is 0 Å². The molecule has 20 heavy (non-hydrogen) atoms. The maximum atomic E-state index is 10.9. The van der Waals surface area contributed by atoms with E-state index in [1.165, 1.54) is 12.1 Å². The van der Waals surface area contributed by atoms with Crippen LogP contribution in [-0.2, 0) is 0 Å². The quantitative estimate of drug-likeness (QED) is 0.685. The van der Waals surface area contributed by atoms with Gasteiger partial charge in [0.1, 0.15) is 5.82 Å². The van der Waals surface area contributed by atoms with Gasteiger partial charge in [-0.05, 0) is 35.3 Å². The molecular formula is C13H13BrN4O2. The van der Waals surface area contributed by atoms with Gasteiger partial charge in [0, 0.05) is 24.7 Å². The number of benzene rings is 1. The van der Waals surface area contributed by atoms with E-state index in [9.17, 15) is 10.1 Å². The number of non-ortho nitro benzene ring substituents is 1. The van der Waals surface area contributed by atoms with Gasteiger partial charge in [-0.25, -0.2) is 9.97 Å². The summed E-state index contributed by atoms with van der Waals surface area (Å²) in [6, 6.07) is 4.67. The second kappa shape index (κ2) is 5.54. The van der Waals surface area contributed by atoms with E-state index in [0.29, 0.717) is 17.2 Å². The molecule has 0 aliphatic rings. The van der Waals surface area contributed by atoms with Crippen LogP contribution < -0.4 is 5.32 Å². The average Bonchev–Trinajstić information content (AvgIpc) is 2.42. The van der Waals surface area contributed by atoms with Crippen molar-refractivity contribution in [3.8, 4) is 11.4 Å². The SMILES string of the molecule is CNc1nc(-c2cc([N+](=O)[O-])ccc2C)nc(C)c1Br. The van der Waals surface area contributed by atoms with Crippen molar-refractivity contribution < 1.29 is 4.92 Å². The van der Waals surface area contributed by atoms with Gasteiger partial charge >= 0.3 is 0 Å². The zero-order chi connectivity index (χ0) is 14.9. The molecule has 0 bridgehead atoms. The number of nitro benzene ring substituents is 1. The Labute approximate surface area is 124 Å². The number of hydrogen-bond donors (Lipinski definition) is 1. The van der Waals surface area contributed by atoms with Crippen molar-refractivity contribution in [1.29, 1.82) is 0 Å². The molecule has 0 saturated heterocycles. The van der Waals surface area contributed by atoms with Gasteiger partial charge in [-0.2, -0.15) is 0 Å². The number of rotatable bonds is 3. The van der Waals surface area contributed by atoms with E-state index in [1.54, 1.807) is 13.1 Å². The molecule has 1 aromatic carbocycles. The number of nitrogens with zero attached hydrogens (tertiary/aromatic N) is 3. The van der Waals surface area contributed by atoms with E-state index >= 15 is 0 Å². The molecule has 0 spiro atoms. The molecule has 104 valence electrons. The van der Waals surface area contributed by atoms with Gasteiger partial charge in [-0.1, -0.05) is 6.07 Å². The minimum Gasteiger partial charge on any atom is -0.372 e.